The van der Waals surface area contributed by atoms with Crippen molar-refractivity contribution in [3.63, 3.8) is 0 Å². The third-order valence-corrected chi connectivity index (χ3v) is 6.13. The van der Waals surface area contributed by atoms with Crippen molar-refractivity contribution in [3.05, 3.63) is 65.0 Å². The predicted octanol–water partition coefficient (Wildman–Crippen LogP) is 2.93. The number of amides is 1. The second-order valence-corrected chi connectivity index (χ2v) is 9.46. The average molecular weight is 456 g/mol. The number of hydrogen-bond donors (Lipinski definition) is 5. The quantitative estimate of drug-likeness (QED) is 0.305. The molecule has 0 radical (unpaired) electrons. The Hall–Kier alpha value is -3.13. The molecule has 1 saturated carbocycles. The molecule has 8 heteroatoms. The molecule has 1 fully saturated rings. The second-order valence-electron chi connectivity index (χ2n) is 9.46. The molecule has 0 unspecified atom stereocenters. The van der Waals surface area contributed by atoms with Crippen LogP contribution < -0.4 is 15.4 Å². The van der Waals surface area contributed by atoms with Gasteiger partial charge in [0.2, 0.25) is 5.69 Å². The second kappa shape index (κ2) is 9.79. The largest absolute Gasteiger partial charge is 0.492 e. The Morgan fingerprint density at radius 3 is 2.64 bits per heavy atom. The molecule has 33 heavy (non-hydrogen) atoms. The number of carbonyl (C=O) groups excluding carboxylic acids is 1. The van der Waals surface area contributed by atoms with Gasteiger partial charge in [-0.25, -0.2) is 0 Å². The maximum atomic E-state index is 13.0. The summed E-state index contributed by atoms with van der Waals surface area (Å²) in [7, 11) is 0. The summed E-state index contributed by atoms with van der Waals surface area (Å²) in [5.41, 5.74) is 1.33. The lowest BCUT2D eigenvalue weighted by Crippen LogP contribution is -2.48. The highest BCUT2D eigenvalue weighted by molar-refractivity contribution is 6.10. The number of rotatable bonds is 8. The number of hydrogen-bond acceptors (Lipinski definition) is 6. The van der Waals surface area contributed by atoms with Gasteiger partial charge in [-0.3, -0.25) is 10.0 Å². The smallest absolute Gasteiger partial charge is 0.325 e. The summed E-state index contributed by atoms with van der Waals surface area (Å²) in [6.07, 6.45) is 6.75. The first-order chi connectivity index (χ1) is 15.5. The summed E-state index contributed by atoms with van der Waals surface area (Å²) < 4.78 is 6.55. The van der Waals surface area contributed by atoms with E-state index < -0.39 is 11.5 Å². The number of aliphatic hydroxyl groups is 1. The van der Waals surface area contributed by atoms with Gasteiger partial charge in [0.15, 0.2) is 0 Å². The van der Waals surface area contributed by atoms with Crippen LogP contribution in [0, 0.1) is 11.3 Å². The number of nitrogens with zero attached hydrogens (tertiary/aromatic N) is 1. The van der Waals surface area contributed by atoms with Gasteiger partial charge in [-0.05, 0) is 51.7 Å². The van der Waals surface area contributed by atoms with Crippen LogP contribution in [0.5, 0.6) is 0 Å². The fourth-order valence-corrected chi connectivity index (χ4v) is 3.94. The third kappa shape index (κ3) is 5.63. The lowest BCUT2D eigenvalue weighted by molar-refractivity contribution is -0.911. The van der Waals surface area contributed by atoms with Gasteiger partial charge in [0.25, 0.3) is 0 Å². The van der Waals surface area contributed by atoms with E-state index in [1.165, 1.54) is 0 Å². The first-order valence-electron chi connectivity index (χ1n) is 11.4. The Balaban J connectivity index is 1.78. The first-order valence-corrected chi connectivity index (χ1v) is 11.4. The van der Waals surface area contributed by atoms with Crippen molar-refractivity contribution in [1.29, 1.82) is 5.41 Å². The molecule has 1 aromatic heterocycles. The zero-order valence-electron chi connectivity index (χ0n) is 20.0. The van der Waals surface area contributed by atoms with E-state index in [0.717, 1.165) is 17.6 Å². The van der Waals surface area contributed by atoms with Crippen molar-refractivity contribution in [2.75, 3.05) is 6.61 Å². The van der Waals surface area contributed by atoms with Crippen LogP contribution in [0.2, 0.25) is 0 Å². The Labute approximate surface area is 195 Å². The van der Waals surface area contributed by atoms with Gasteiger partial charge in [0, 0.05) is 46.7 Å². The van der Waals surface area contributed by atoms with Gasteiger partial charge < -0.3 is 25.9 Å². The van der Waals surface area contributed by atoms with Gasteiger partial charge in [-0.15, -0.1) is 0 Å². The van der Waals surface area contributed by atoms with Crippen LogP contribution in [0.4, 0.5) is 0 Å². The van der Waals surface area contributed by atoms with Gasteiger partial charge in [0.1, 0.15) is 5.76 Å². The Morgan fingerprint density at radius 1 is 1.33 bits per heavy atom. The number of ether oxygens (including phenoxy) is 1. The molecule has 0 atom stereocenters. The van der Waals surface area contributed by atoms with E-state index in [4.69, 9.17) is 10.1 Å². The molecule has 0 saturated heterocycles. The summed E-state index contributed by atoms with van der Waals surface area (Å²) in [6.45, 7) is 9.74. The van der Waals surface area contributed by atoms with Crippen molar-refractivity contribution in [1.82, 2.24) is 10.6 Å². The lowest BCUT2D eigenvalue weighted by atomic mass is 9.71. The molecule has 3 rings (SSSR count). The van der Waals surface area contributed by atoms with Gasteiger partial charge in [-0.1, -0.05) is 13.8 Å². The van der Waals surface area contributed by atoms with E-state index in [1.807, 2.05) is 34.6 Å². The van der Waals surface area contributed by atoms with Crippen molar-refractivity contribution < 1.29 is 24.6 Å². The van der Waals surface area contributed by atoms with E-state index in [9.17, 15) is 15.1 Å². The molecule has 2 aliphatic carbocycles. The fourth-order valence-electron chi connectivity index (χ4n) is 3.94. The van der Waals surface area contributed by atoms with Gasteiger partial charge in [-0.2, -0.15) is 0 Å². The van der Waals surface area contributed by atoms with E-state index in [1.54, 1.807) is 36.6 Å². The zero-order chi connectivity index (χ0) is 24.3. The highest BCUT2D eigenvalue weighted by atomic mass is 16.5. The van der Waals surface area contributed by atoms with E-state index in [2.05, 4.69) is 10.6 Å². The molecule has 1 aromatic rings. The highest BCUT2D eigenvalue weighted by Gasteiger charge is 2.38. The Kier molecular flexibility index (Phi) is 7.27. The van der Waals surface area contributed by atoms with Crippen LogP contribution in [0.15, 0.2) is 53.6 Å². The molecule has 178 valence electrons. The number of pyridine rings is 1. The standard InChI is InChI=1S/C25H34N4O4/c1-6-33-23-13-19(26)16(14-27-18-11-17(12-18)25(4,5)31)10-20(23)28-24(30)22-9-7-8-21(15(2)3)29(22)32/h7-10,13-15,17-18,26,30-32H,6,11-12H2,1-5H3/p+1/t17-,18-. The summed E-state index contributed by atoms with van der Waals surface area (Å²) in [6, 6.07) is 5.28. The monoisotopic (exact) mass is 455 g/mol. The Morgan fingerprint density at radius 2 is 2.03 bits per heavy atom. The molecule has 1 amide bonds. The molecule has 0 aliphatic heterocycles. The van der Waals surface area contributed by atoms with Crippen LogP contribution in [0.3, 0.4) is 0 Å². The van der Waals surface area contributed by atoms with Crippen molar-refractivity contribution in [3.8, 4) is 0 Å². The normalized spacial score (nSPS) is 21.9. The SMILES string of the molecule is CCOC1=CC(=N)/C(=C\N[C@H]2C[C@H](C(C)(C)O)C2)C=C1NC(=O)c1cccc(C(C)C)[n+]1O. The van der Waals surface area contributed by atoms with Gasteiger partial charge in [0.05, 0.1) is 23.6 Å². The molecule has 2 aliphatic rings. The van der Waals surface area contributed by atoms with Crippen molar-refractivity contribution in [2.45, 2.75) is 65.0 Å². The molecule has 0 aromatic carbocycles. The Bertz CT molecular complexity index is 1010. The van der Waals surface area contributed by atoms with E-state index in [-0.39, 0.29) is 29.3 Å². The van der Waals surface area contributed by atoms with Crippen LogP contribution >= 0.6 is 0 Å². The number of aromatic nitrogens is 1. The van der Waals surface area contributed by atoms with Crippen LogP contribution in [-0.2, 0) is 4.74 Å². The predicted molar refractivity (Wildman–Crippen MR) is 125 cm³/mol. The molecule has 5 N–H and O–H groups in total. The number of nitrogens with one attached hydrogen (secondary N) is 3. The minimum Gasteiger partial charge on any atom is -0.492 e. The molecule has 1 heterocycles. The molecule has 0 bridgehead atoms. The molecular weight excluding hydrogens is 420 g/mol. The summed E-state index contributed by atoms with van der Waals surface area (Å²) >= 11 is 0. The summed E-state index contributed by atoms with van der Waals surface area (Å²) in [5, 5.41) is 35.1. The molecular formula is C25H35N4O4+. The fraction of sp³-hybridized carbons (Fsp3) is 0.480. The third-order valence-electron chi connectivity index (χ3n) is 6.13. The highest BCUT2D eigenvalue weighted by Crippen LogP contribution is 2.36. The maximum absolute atomic E-state index is 13.0. The van der Waals surface area contributed by atoms with E-state index >= 15 is 0 Å². The number of allylic oxidation sites excluding steroid dienone is 3. The lowest BCUT2D eigenvalue weighted by Gasteiger charge is -2.42. The van der Waals surface area contributed by atoms with Crippen LogP contribution in [0.1, 0.15) is 69.6 Å². The van der Waals surface area contributed by atoms with Crippen molar-refractivity contribution >= 4 is 11.6 Å². The zero-order valence-corrected chi connectivity index (χ0v) is 20.0. The average Bonchev–Trinajstić information content (AvgIpc) is 2.68. The topological polar surface area (TPSA) is 119 Å². The van der Waals surface area contributed by atoms with Crippen molar-refractivity contribution in [2.24, 2.45) is 5.92 Å². The first kappa shape index (κ1) is 24.5. The maximum Gasteiger partial charge on any atom is 0.325 e. The summed E-state index contributed by atoms with van der Waals surface area (Å²) in [5.74, 6) is 0.202. The van der Waals surface area contributed by atoms with E-state index in [0.29, 0.717) is 29.3 Å². The minimum absolute atomic E-state index is 0.0409. The molecule has 8 nitrogen and oxygen atoms in total. The minimum atomic E-state index is -0.689. The summed E-state index contributed by atoms with van der Waals surface area (Å²) in [4.78, 5) is 13.0. The van der Waals surface area contributed by atoms with Crippen LogP contribution in [-0.4, -0.2) is 40.2 Å². The van der Waals surface area contributed by atoms with Crippen LogP contribution in [0.25, 0.3) is 0 Å². The number of carbonyl (C=O) groups is 1. The molecule has 0 spiro atoms. The van der Waals surface area contributed by atoms with Gasteiger partial charge >= 0.3 is 11.6 Å².